The summed E-state index contributed by atoms with van der Waals surface area (Å²) < 4.78 is 10.8. The molecule has 1 unspecified atom stereocenters. The Labute approximate surface area is 110 Å². The van der Waals surface area contributed by atoms with Gasteiger partial charge in [0.2, 0.25) is 0 Å². The standard InChI is InChI=1S/C14H24N2O2/c1-10-8-14(18-5)12(9-13(10)17-4)16(3)7-6-11(2)15/h8-9,11H,6-7,15H2,1-5H3. The number of rotatable bonds is 6. The number of benzene rings is 1. The molecule has 0 amide bonds. The van der Waals surface area contributed by atoms with Crippen LogP contribution >= 0.6 is 0 Å². The van der Waals surface area contributed by atoms with Crippen LogP contribution in [0.3, 0.4) is 0 Å². The van der Waals surface area contributed by atoms with E-state index < -0.39 is 0 Å². The van der Waals surface area contributed by atoms with Gasteiger partial charge in [0.15, 0.2) is 0 Å². The molecule has 1 aromatic carbocycles. The lowest BCUT2D eigenvalue weighted by molar-refractivity contribution is 0.400. The van der Waals surface area contributed by atoms with Gasteiger partial charge in [-0.1, -0.05) is 0 Å². The molecule has 0 fully saturated rings. The molecule has 18 heavy (non-hydrogen) atoms. The molecule has 0 aromatic heterocycles. The number of methoxy groups -OCH3 is 2. The van der Waals surface area contributed by atoms with Gasteiger partial charge in [-0.2, -0.15) is 0 Å². The van der Waals surface area contributed by atoms with E-state index in [1.54, 1.807) is 14.2 Å². The minimum Gasteiger partial charge on any atom is -0.496 e. The molecule has 0 saturated carbocycles. The van der Waals surface area contributed by atoms with Crippen molar-refractivity contribution in [2.45, 2.75) is 26.3 Å². The van der Waals surface area contributed by atoms with Gasteiger partial charge in [0, 0.05) is 25.7 Å². The van der Waals surface area contributed by atoms with Crippen LogP contribution in [0.4, 0.5) is 5.69 Å². The molecule has 4 nitrogen and oxygen atoms in total. The van der Waals surface area contributed by atoms with E-state index in [0.29, 0.717) is 0 Å². The predicted octanol–water partition coefficient (Wildman–Crippen LogP) is 2.19. The predicted molar refractivity (Wildman–Crippen MR) is 75.8 cm³/mol. The topological polar surface area (TPSA) is 47.7 Å². The summed E-state index contributed by atoms with van der Waals surface area (Å²) in [4.78, 5) is 2.14. The Hall–Kier alpha value is -1.42. The maximum atomic E-state index is 5.79. The fourth-order valence-corrected chi connectivity index (χ4v) is 1.85. The minimum absolute atomic E-state index is 0.200. The molecule has 0 aliphatic carbocycles. The molecule has 0 bridgehead atoms. The third kappa shape index (κ3) is 3.53. The van der Waals surface area contributed by atoms with Crippen molar-refractivity contribution < 1.29 is 9.47 Å². The molecular weight excluding hydrogens is 228 g/mol. The normalized spacial score (nSPS) is 12.1. The number of anilines is 1. The van der Waals surface area contributed by atoms with Gasteiger partial charge in [0.25, 0.3) is 0 Å². The molecule has 0 spiro atoms. The van der Waals surface area contributed by atoms with Crippen molar-refractivity contribution in [2.24, 2.45) is 5.73 Å². The third-order valence-corrected chi connectivity index (χ3v) is 3.03. The van der Waals surface area contributed by atoms with E-state index in [2.05, 4.69) is 4.90 Å². The van der Waals surface area contributed by atoms with Gasteiger partial charge in [-0.05, 0) is 31.9 Å². The molecule has 0 radical (unpaired) electrons. The van der Waals surface area contributed by atoms with E-state index in [-0.39, 0.29) is 6.04 Å². The summed E-state index contributed by atoms with van der Waals surface area (Å²) in [5.74, 6) is 1.74. The van der Waals surface area contributed by atoms with Crippen molar-refractivity contribution in [3.05, 3.63) is 17.7 Å². The molecule has 0 aliphatic heterocycles. The van der Waals surface area contributed by atoms with E-state index in [9.17, 15) is 0 Å². The zero-order chi connectivity index (χ0) is 13.7. The van der Waals surface area contributed by atoms with E-state index in [1.165, 1.54) is 0 Å². The molecule has 1 aromatic rings. The highest BCUT2D eigenvalue weighted by molar-refractivity contribution is 5.63. The second-order valence-corrected chi connectivity index (χ2v) is 4.68. The van der Waals surface area contributed by atoms with Crippen molar-refractivity contribution in [1.29, 1.82) is 0 Å². The zero-order valence-electron chi connectivity index (χ0n) is 12.0. The number of nitrogens with zero attached hydrogens (tertiary/aromatic N) is 1. The summed E-state index contributed by atoms with van der Waals surface area (Å²) in [5, 5.41) is 0. The van der Waals surface area contributed by atoms with Gasteiger partial charge in [-0.25, -0.2) is 0 Å². The van der Waals surface area contributed by atoms with Crippen LogP contribution in [-0.2, 0) is 0 Å². The fourth-order valence-electron chi connectivity index (χ4n) is 1.85. The SMILES string of the molecule is COc1cc(N(C)CCC(C)N)c(OC)cc1C. The first-order chi connectivity index (χ1) is 8.49. The maximum Gasteiger partial charge on any atom is 0.142 e. The van der Waals surface area contributed by atoms with E-state index in [1.807, 2.05) is 33.0 Å². The van der Waals surface area contributed by atoms with Crippen LogP contribution in [-0.4, -0.2) is 33.9 Å². The average Bonchev–Trinajstić information content (AvgIpc) is 2.35. The Morgan fingerprint density at radius 3 is 2.33 bits per heavy atom. The van der Waals surface area contributed by atoms with Gasteiger partial charge >= 0.3 is 0 Å². The molecule has 4 heteroatoms. The Balaban J connectivity index is 2.97. The third-order valence-electron chi connectivity index (χ3n) is 3.03. The summed E-state index contributed by atoms with van der Waals surface area (Å²) in [6, 6.07) is 4.21. The number of hydrogen-bond donors (Lipinski definition) is 1. The van der Waals surface area contributed by atoms with Crippen molar-refractivity contribution in [3.8, 4) is 11.5 Å². The number of ether oxygens (including phenoxy) is 2. The second kappa shape index (κ2) is 6.50. The average molecular weight is 252 g/mol. The van der Waals surface area contributed by atoms with Crippen LogP contribution < -0.4 is 20.1 Å². The van der Waals surface area contributed by atoms with E-state index >= 15 is 0 Å². The molecule has 102 valence electrons. The van der Waals surface area contributed by atoms with E-state index in [0.717, 1.165) is 35.7 Å². The molecule has 0 aliphatic rings. The Kier molecular flexibility index (Phi) is 5.28. The van der Waals surface area contributed by atoms with Crippen LogP contribution in [0.5, 0.6) is 11.5 Å². The highest BCUT2D eigenvalue weighted by Crippen LogP contribution is 2.34. The quantitative estimate of drug-likeness (QED) is 0.843. The smallest absolute Gasteiger partial charge is 0.142 e. The fraction of sp³-hybridized carbons (Fsp3) is 0.571. The van der Waals surface area contributed by atoms with Gasteiger partial charge in [-0.3, -0.25) is 0 Å². The van der Waals surface area contributed by atoms with E-state index in [4.69, 9.17) is 15.2 Å². The van der Waals surface area contributed by atoms with Crippen LogP contribution in [0.1, 0.15) is 18.9 Å². The van der Waals surface area contributed by atoms with Gasteiger partial charge in [0.05, 0.1) is 19.9 Å². The summed E-state index contributed by atoms with van der Waals surface area (Å²) in [6.07, 6.45) is 0.940. The molecule has 0 heterocycles. The molecule has 2 N–H and O–H groups in total. The molecule has 1 rings (SSSR count). The number of aryl methyl sites for hydroxylation is 1. The van der Waals surface area contributed by atoms with Gasteiger partial charge < -0.3 is 20.1 Å². The first kappa shape index (κ1) is 14.6. The highest BCUT2D eigenvalue weighted by atomic mass is 16.5. The second-order valence-electron chi connectivity index (χ2n) is 4.68. The number of hydrogen-bond acceptors (Lipinski definition) is 4. The first-order valence-electron chi connectivity index (χ1n) is 6.19. The lowest BCUT2D eigenvalue weighted by atomic mass is 10.1. The zero-order valence-corrected chi connectivity index (χ0v) is 12.0. The van der Waals surface area contributed by atoms with Crippen molar-refractivity contribution in [2.75, 3.05) is 32.7 Å². The van der Waals surface area contributed by atoms with Gasteiger partial charge in [-0.15, -0.1) is 0 Å². The highest BCUT2D eigenvalue weighted by Gasteiger charge is 2.12. The van der Waals surface area contributed by atoms with Crippen LogP contribution in [0.25, 0.3) is 0 Å². The summed E-state index contributed by atoms with van der Waals surface area (Å²) in [6.45, 7) is 4.91. The molecule has 1 atom stereocenters. The lowest BCUT2D eigenvalue weighted by Gasteiger charge is -2.23. The van der Waals surface area contributed by atoms with Crippen LogP contribution in [0, 0.1) is 6.92 Å². The lowest BCUT2D eigenvalue weighted by Crippen LogP contribution is -2.26. The summed E-state index contributed by atoms with van der Waals surface area (Å²) in [7, 11) is 5.40. The Morgan fingerprint density at radius 2 is 1.83 bits per heavy atom. The largest absolute Gasteiger partial charge is 0.496 e. The maximum absolute atomic E-state index is 5.79. The Bertz CT molecular complexity index is 392. The molecule has 0 saturated heterocycles. The number of nitrogens with two attached hydrogens (primary N) is 1. The van der Waals surface area contributed by atoms with Gasteiger partial charge in [0.1, 0.15) is 11.5 Å². The van der Waals surface area contributed by atoms with Crippen LogP contribution in [0.15, 0.2) is 12.1 Å². The van der Waals surface area contributed by atoms with Crippen LogP contribution in [0.2, 0.25) is 0 Å². The first-order valence-corrected chi connectivity index (χ1v) is 6.19. The molecular formula is C14H24N2O2. The minimum atomic E-state index is 0.200. The van der Waals surface area contributed by atoms with Crippen molar-refractivity contribution in [1.82, 2.24) is 0 Å². The van der Waals surface area contributed by atoms with Crippen molar-refractivity contribution in [3.63, 3.8) is 0 Å². The monoisotopic (exact) mass is 252 g/mol. The van der Waals surface area contributed by atoms with Crippen molar-refractivity contribution >= 4 is 5.69 Å². The summed E-state index contributed by atoms with van der Waals surface area (Å²) in [5.41, 5.74) is 7.88. The summed E-state index contributed by atoms with van der Waals surface area (Å²) >= 11 is 0. The Morgan fingerprint density at radius 1 is 1.22 bits per heavy atom.